The number of ether oxygens (including phenoxy) is 1. The van der Waals surface area contributed by atoms with E-state index >= 15 is 0 Å². The van der Waals surface area contributed by atoms with Gasteiger partial charge in [-0.2, -0.15) is 5.26 Å². The second kappa shape index (κ2) is 3.41. The number of rotatable bonds is 1. The lowest BCUT2D eigenvalue weighted by molar-refractivity contribution is 0.0594. The van der Waals surface area contributed by atoms with Gasteiger partial charge in [-0.15, -0.1) is 0 Å². The first-order valence-electron chi connectivity index (χ1n) is 3.06. The van der Waals surface area contributed by atoms with E-state index in [0.717, 1.165) is 0 Å². The topological polar surface area (TPSA) is 65.9 Å². The average molecular weight is 229 g/mol. The molecule has 62 valence electrons. The number of hydrogen-bond acceptors (Lipinski definition) is 3. The molecule has 0 aliphatic heterocycles. The molecule has 0 spiro atoms. The summed E-state index contributed by atoms with van der Waals surface area (Å²) in [5.74, 6) is -0.489. The molecule has 1 aromatic rings. The highest BCUT2D eigenvalue weighted by Gasteiger charge is 2.11. The van der Waals surface area contributed by atoms with Gasteiger partial charge in [-0.3, -0.25) is 0 Å². The highest BCUT2D eigenvalue weighted by Crippen LogP contribution is 2.16. The first-order valence-corrected chi connectivity index (χ1v) is 3.85. The van der Waals surface area contributed by atoms with Crippen molar-refractivity contribution >= 4 is 21.9 Å². The molecule has 1 N–H and O–H groups in total. The zero-order valence-corrected chi connectivity index (χ0v) is 7.81. The van der Waals surface area contributed by atoms with Crippen molar-refractivity contribution in [3.63, 3.8) is 0 Å². The molecule has 5 heteroatoms. The molecule has 0 saturated heterocycles. The molecule has 12 heavy (non-hydrogen) atoms. The van der Waals surface area contributed by atoms with Crippen LogP contribution in [-0.4, -0.2) is 18.1 Å². The number of aromatic amines is 1. The summed E-state index contributed by atoms with van der Waals surface area (Å²) in [6.07, 6.45) is 0. The number of esters is 1. The zero-order valence-electron chi connectivity index (χ0n) is 6.22. The highest BCUT2D eigenvalue weighted by atomic mass is 79.9. The molecular formula is C7H5BrN2O2. The van der Waals surface area contributed by atoms with Crippen molar-refractivity contribution in [2.75, 3.05) is 7.11 Å². The minimum Gasteiger partial charge on any atom is -0.464 e. The third-order valence-electron chi connectivity index (χ3n) is 1.30. The molecule has 0 bridgehead atoms. The van der Waals surface area contributed by atoms with Crippen LogP contribution in [0, 0.1) is 11.3 Å². The summed E-state index contributed by atoms with van der Waals surface area (Å²) in [5.41, 5.74) is 0.649. The number of aromatic nitrogens is 1. The second-order valence-corrected chi connectivity index (χ2v) is 2.81. The number of halogens is 1. The Morgan fingerprint density at radius 2 is 2.50 bits per heavy atom. The Kier molecular flexibility index (Phi) is 2.51. The number of H-pyrrole nitrogens is 1. The lowest BCUT2D eigenvalue weighted by Crippen LogP contribution is -2.00. The minimum atomic E-state index is -0.489. The Morgan fingerprint density at radius 1 is 1.83 bits per heavy atom. The number of methoxy groups -OCH3 is 1. The summed E-state index contributed by atoms with van der Waals surface area (Å²) in [5, 5.41) is 8.53. The summed E-state index contributed by atoms with van der Waals surface area (Å²) < 4.78 is 4.94. The van der Waals surface area contributed by atoms with Crippen molar-refractivity contribution in [3.8, 4) is 6.07 Å². The lowest BCUT2D eigenvalue weighted by Gasteiger charge is -1.91. The van der Waals surface area contributed by atoms with Crippen LogP contribution in [0.15, 0.2) is 10.7 Å². The quantitative estimate of drug-likeness (QED) is 0.740. The first-order chi connectivity index (χ1) is 5.69. The summed E-state index contributed by atoms with van der Waals surface area (Å²) in [4.78, 5) is 13.6. The maximum atomic E-state index is 10.9. The van der Waals surface area contributed by atoms with Crippen LogP contribution in [0.2, 0.25) is 0 Å². The van der Waals surface area contributed by atoms with Crippen molar-refractivity contribution in [1.29, 1.82) is 5.26 Å². The third kappa shape index (κ3) is 1.48. The average Bonchev–Trinajstić information content (AvgIpc) is 2.45. The van der Waals surface area contributed by atoms with E-state index in [9.17, 15) is 4.79 Å². The van der Waals surface area contributed by atoms with E-state index in [0.29, 0.717) is 10.2 Å². The monoisotopic (exact) mass is 228 g/mol. The van der Waals surface area contributed by atoms with Crippen LogP contribution >= 0.6 is 15.9 Å². The SMILES string of the molecule is COC(=O)c1cc(C#N)c(Br)[nH]1. The maximum Gasteiger partial charge on any atom is 0.354 e. The van der Waals surface area contributed by atoms with Crippen molar-refractivity contribution in [3.05, 3.63) is 21.9 Å². The van der Waals surface area contributed by atoms with E-state index in [4.69, 9.17) is 5.26 Å². The molecule has 0 aliphatic rings. The number of hydrogen-bond donors (Lipinski definition) is 1. The van der Waals surface area contributed by atoms with E-state index in [-0.39, 0.29) is 5.69 Å². The Balaban J connectivity index is 3.07. The fourth-order valence-electron chi connectivity index (χ4n) is 0.731. The molecule has 1 heterocycles. The molecule has 0 radical (unpaired) electrons. The predicted molar refractivity (Wildman–Crippen MR) is 44.5 cm³/mol. The summed E-state index contributed by atoms with van der Waals surface area (Å²) >= 11 is 3.09. The molecular weight excluding hydrogens is 224 g/mol. The number of carbonyl (C=O) groups excluding carboxylic acids is 1. The number of carbonyl (C=O) groups is 1. The van der Waals surface area contributed by atoms with Crippen LogP contribution in [0.3, 0.4) is 0 Å². The van der Waals surface area contributed by atoms with E-state index < -0.39 is 5.97 Å². The fraction of sp³-hybridized carbons (Fsp3) is 0.143. The molecule has 0 aromatic carbocycles. The van der Waals surface area contributed by atoms with Gasteiger partial charge in [0.15, 0.2) is 0 Å². The van der Waals surface area contributed by atoms with Crippen LogP contribution in [0.1, 0.15) is 16.1 Å². The third-order valence-corrected chi connectivity index (χ3v) is 1.92. The van der Waals surface area contributed by atoms with Gasteiger partial charge < -0.3 is 9.72 Å². The number of nitriles is 1. The molecule has 0 fully saturated rings. The Hall–Kier alpha value is -1.28. The van der Waals surface area contributed by atoms with Crippen LogP contribution in [0.4, 0.5) is 0 Å². The molecule has 0 saturated carbocycles. The summed E-state index contributed by atoms with van der Waals surface area (Å²) in [6, 6.07) is 3.34. The van der Waals surface area contributed by atoms with Crippen molar-refractivity contribution in [1.82, 2.24) is 4.98 Å². The van der Waals surface area contributed by atoms with Gasteiger partial charge in [0.1, 0.15) is 16.4 Å². The highest BCUT2D eigenvalue weighted by molar-refractivity contribution is 9.10. The van der Waals surface area contributed by atoms with Crippen LogP contribution < -0.4 is 0 Å². The van der Waals surface area contributed by atoms with Crippen molar-refractivity contribution < 1.29 is 9.53 Å². The van der Waals surface area contributed by atoms with Gasteiger partial charge in [-0.25, -0.2) is 4.79 Å². The Morgan fingerprint density at radius 3 is 2.92 bits per heavy atom. The first kappa shape index (κ1) is 8.81. The molecule has 0 aliphatic carbocycles. The van der Waals surface area contributed by atoms with E-state index in [1.165, 1.54) is 13.2 Å². The number of nitrogens with one attached hydrogen (secondary N) is 1. The maximum absolute atomic E-state index is 10.9. The molecule has 0 unspecified atom stereocenters. The van der Waals surface area contributed by atoms with Crippen LogP contribution in [0.5, 0.6) is 0 Å². The van der Waals surface area contributed by atoms with Crippen LogP contribution in [0.25, 0.3) is 0 Å². The largest absolute Gasteiger partial charge is 0.464 e. The second-order valence-electron chi connectivity index (χ2n) is 2.01. The lowest BCUT2D eigenvalue weighted by atomic mass is 10.3. The zero-order chi connectivity index (χ0) is 9.14. The van der Waals surface area contributed by atoms with Crippen molar-refractivity contribution in [2.24, 2.45) is 0 Å². The molecule has 0 atom stereocenters. The standard InChI is InChI=1S/C7H5BrN2O2/c1-12-7(11)5-2-4(3-9)6(8)10-5/h2,10H,1H3. The van der Waals surface area contributed by atoms with Gasteiger partial charge in [0.05, 0.1) is 12.7 Å². The van der Waals surface area contributed by atoms with Gasteiger partial charge in [-0.1, -0.05) is 0 Å². The predicted octanol–water partition coefficient (Wildman–Crippen LogP) is 1.44. The summed E-state index contributed by atoms with van der Waals surface area (Å²) in [7, 11) is 1.28. The Bertz CT molecular complexity index is 351. The van der Waals surface area contributed by atoms with Gasteiger partial charge in [0.25, 0.3) is 0 Å². The summed E-state index contributed by atoms with van der Waals surface area (Å²) in [6.45, 7) is 0. The molecule has 4 nitrogen and oxygen atoms in total. The van der Waals surface area contributed by atoms with Gasteiger partial charge in [-0.05, 0) is 22.0 Å². The van der Waals surface area contributed by atoms with Gasteiger partial charge in [0.2, 0.25) is 0 Å². The van der Waals surface area contributed by atoms with Crippen molar-refractivity contribution in [2.45, 2.75) is 0 Å². The van der Waals surface area contributed by atoms with E-state index in [1.54, 1.807) is 0 Å². The minimum absolute atomic E-state index is 0.265. The van der Waals surface area contributed by atoms with Crippen LogP contribution in [-0.2, 0) is 4.74 Å². The van der Waals surface area contributed by atoms with E-state index in [2.05, 4.69) is 25.7 Å². The number of nitrogens with zero attached hydrogens (tertiary/aromatic N) is 1. The normalized spacial score (nSPS) is 9.08. The van der Waals surface area contributed by atoms with Gasteiger partial charge >= 0.3 is 5.97 Å². The molecule has 0 amide bonds. The Labute approximate surface area is 77.3 Å². The van der Waals surface area contributed by atoms with E-state index in [1.807, 2.05) is 6.07 Å². The smallest absolute Gasteiger partial charge is 0.354 e. The fourth-order valence-corrected chi connectivity index (χ4v) is 1.15. The molecule has 1 rings (SSSR count). The molecule has 1 aromatic heterocycles. The van der Waals surface area contributed by atoms with Gasteiger partial charge in [0, 0.05) is 0 Å².